The molecule has 0 bridgehead atoms. The second-order valence-electron chi connectivity index (χ2n) is 4.33. The van der Waals surface area contributed by atoms with Gasteiger partial charge in [0.1, 0.15) is 11.8 Å². The highest BCUT2D eigenvalue weighted by atomic mass is 14.9. The van der Waals surface area contributed by atoms with Crippen LogP contribution in [0.15, 0.2) is 36.5 Å². The van der Waals surface area contributed by atoms with Crippen LogP contribution in [0, 0.1) is 25.2 Å². The quantitative estimate of drug-likeness (QED) is 0.891. The number of nitriles is 1. The third kappa shape index (κ3) is 2.86. The van der Waals surface area contributed by atoms with Crippen molar-refractivity contribution in [2.24, 2.45) is 0 Å². The van der Waals surface area contributed by atoms with E-state index in [0.29, 0.717) is 12.2 Å². The van der Waals surface area contributed by atoms with E-state index in [1.165, 1.54) is 11.1 Å². The highest BCUT2D eigenvalue weighted by molar-refractivity contribution is 5.52. The van der Waals surface area contributed by atoms with Crippen molar-refractivity contribution in [3.63, 3.8) is 0 Å². The van der Waals surface area contributed by atoms with Crippen LogP contribution < -0.4 is 5.32 Å². The lowest BCUT2D eigenvalue weighted by atomic mass is 10.1. The summed E-state index contributed by atoms with van der Waals surface area (Å²) in [7, 11) is 0. The standard InChI is InChI=1S/C15H15N3/c1-11-3-4-12(2)15(7-11)18-10-13-5-6-17-14(8-13)9-16/h3-8,18H,10H2,1-2H3. The zero-order chi connectivity index (χ0) is 13.0. The second kappa shape index (κ2) is 5.33. The number of hydrogen-bond donors (Lipinski definition) is 1. The summed E-state index contributed by atoms with van der Waals surface area (Å²) in [4.78, 5) is 3.96. The van der Waals surface area contributed by atoms with Crippen LogP contribution >= 0.6 is 0 Å². The van der Waals surface area contributed by atoms with Crippen LogP contribution in [0.25, 0.3) is 0 Å². The Kier molecular flexibility index (Phi) is 3.59. The monoisotopic (exact) mass is 237 g/mol. The molecular formula is C15H15N3. The molecule has 0 aliphatic rings. The Morgan fingerprint density at radius 3 is 2.83 bits per heavy atom. The van der Waals surface area contributed by atoms with Gasteiger partial charge in [-0.1, -0.05) is 12.1 Å². The number of nitrogens with zero attached hydrogens (tertiary/aromatic N) is 2. The van der Waals surface area contributed by atoms with Gasteiger partial charge in [-0.05, 0) is 48.7 Å². The van der Waals surface area contributed by atoms with E-state index in [4.69, 9.17) is 5.26 Å². The maximum Gasteiger partial charge on any atom is 0.140 e. The molecular weight excluding hydrogens is 222 g/mol. The van der Waals surface area contributed by atoms with Gasteiger partial charge in [-0.2, -0.15) is 5.26 Å². The average molecular weight is 237 g/mol. The van der Waals surface area contributed by atoms with Crippen molar-refractivity contribution < 1.29 is 0 Å². The SMILES string of the molecule is Cc1ccc(C)c(NCc2ccnc(C#N)c2)c1. The van der Waals surface area contributed by atoms with Gasteiger partial charge in [-0.3, -0.25) is 0 Å². The number of anilines is 1. The highest BCUT2D eigenvalue weighted by Crippen LogP contribution is 2.17. The Hall–Kier alpha value is -2.34. The van der Waals surface area contributed by atoms with Gasteiger partial charge in [0.25, 0.3) is 0 Å². The molecule has 3 heteroatoms. The van der Waals surface area contributed by atoms with Crippen LogP contribution in [0.1, 0.15) is 22.4 Å². The van der Waals surface area contributed by atoms with E-state index in [1.807, 2.05) is 12.1 Å². The van der Waals surface area contributed by atoms with E-state index >= 15 is 0 Å². The number of pyridine rings is 1. The molecule has 0 amide bonds. The average Bonchev–Trinajstić information content (AvgIpc) is 2.40. The molecule has 2 aromatic rings. The number of hydrogen-bond acceptors (Lipinski definition) is 3. The van der Waals surface area contributed by atoms with Crippen molar-refractivity contribution in [3.8, 4) is 6.07 Å². The number of nitrogens with one attached hydrogen (secondary N) is 1. The first-order chi connectivity index (χ1) is 8.69. The Labute approximate surface area is 107 Å². The fourth-order valence-corrected chi connectivity index (χ4v) is 1.77. The third-order valence-electron chi connectivity index (χ3n) is 2.81. The fourth-order valence-electron chi connectivity index (χ4n) is 1.77. The Morgan fingerprint density at radius 1 is 1.22 bits per heavy atom. The number of aryl methyl sites for hydroxylation is 2. The van der Waals surface area contributed by atoms with E-state index in [1.54, 1.807) is 12.3 Å². The Balaban J connectivity index is 2.11. The van der Waals surface area contributed by atoms with Crippen LogP contribution in [0.4, 0.5) is 5.69 Å². The molecule has 0 fully saturated rings. The molecule has 0 saturated carbocycles. The van der Waals surface area contributed by atoms with E-state index in [0.717, 1.165) is 11.3 Å². The topological polar surface area (TPSA) is 48.7 Å². The molecule has 18 heavy (non-hydrogen) atoms. The number of benzene rings is 1. The molecule has 0 atom stereocenters. The lowest BCUT2D eigenvalue weighted by Gasteiger charge is -2.10. The molecule has 0 aliphatic heterocycles. The van der Waals surface area contributed by atoms with Gasteiger partial charge in [0.2, 0.25) is 0 Å². The largest absolute Gasteiger partial charge is 0.381 e. The first-order valence-corrected chi connectivity index (χ1v) is 5.85. The minimum absolute atomic E-state index is 0.454. The number of aromatic nitrogens is 1. The van der Waals surface area contributed by atoms with Crippen molar-refractivity contribution in [1.29, 1.82) is 5.26 Å². The molecule has 90 valence electrons. The lowest BCUT2D eigenvalue weighted by Crippen LogP contribution is -2.02. The zero-order valence-corrected chi connectivity index (χ0v) is 10.6. The van der Waals surface area contributed by atoms with Crippen molar-refractivity contribution in [2.45, 2.75) is 20.4 Å². The van der Waals surface area contributed by atoms with Crippen LogP contribution in [-0.2, 0) is 6.54 Å². The maximum absolute atomic E-state index is 8.79. The molecule has 0 unspecified atom stereocenters. The molecule has 1 aromatic heterocycles. The second-order valence-corrected chi connectivity index (χ2v) is 4.33. The first kappa shape index (κ1) is 12.1. The Morgan fingerprint density at radius 2 is 2.06 bits per heavy atom. The van der Waals surface area contributed by atoms with E-state index in [-0.39, 0.29) is 0 Å². The summed E-state index contributed by atoms with van der Waals surface area (Å²) in [6.07, 6.45) is 1.67. The molecule has 3 nitrogen and oxygen atoms in total. The predicted octanol–water partition coefficient (Wildman–Crippen LogP) is 3.18. The molecule has 0 aliphatic carbocycles. The van der Waals surface area contributed by atoms with Crippen LogP contribution in [0.2, 0.25) is 0 Å². The van der Waals surface area contributed by atoms with E-state index < -0.39 is 0 Å². The molecule has 0 saturated heterocycles. The van der Waals surface area contributed by atoms with E-state index in [2.05, 4.69) is 42.3 Å². The van der Waals surface area contributed by atoms with Gasteiger partial charge < -0.3 is 5.32 Å². The van der Waals surface area contributed by atoms with Gasteiger partial charge in [-0.25, -0.2) is 4.98 Å². The highest BCUT2D eigenvalue weighted by Gasteiger charge is 2.00. The fraction of sp³-hybridized carbons (Fsp3) is 0.200. The molecule has 0 radical (unpaired) electrons. The minimum Gasteiger partial charge on any atom is -0.381 e. The van der Waals surface area contributed by atoms with E-state index in [9.17, 15) is 0 Å². The minimum atomic E-state index is 0.454. The predicted molar refractivity (Wildman–Crippen MR) is 72.2 cm³/mol. The van der Waals surface area contributed by atoms with Crippen molar-refractivity contribution >= 4 is 5.69 Å². The lowest BCUT2D eigenvalue weighted by molar-refractivity contribution is 1.11. The molecule has 1 heterocycles. The summed E-state index contributed by atoms with van der Waals surface area (Å²) < 4.78 is 0. The van der Waals surface area contributed by atoms with Crippen LogP contribution in [-0.4, -0.2) is 4.98 Å². The summed E-state index contributed by atoms with van der Waals surface area (Å²) in [5, 5.41) is 12.2. The summed E-state index contributed by atoms with van der Waals surface area (Å²) in [6.45, 7) is 4.85. The zero-order valence-electron chi connectivity index (χ0n) is 10.6. The molecule has 0 spiro atoms. The summed E-state index contributed by atoms with van der Waals surface area (Å²) in [5.41, 5.74) is 5.09. The maximum atomic E-state index is 8.79. The molecule has 1 N–H and O–H groups in total. The normalized spacial score (nSPS) is 9.83. The summed E-state index contributed by atoms with van der Waals surface area (Å²) in [5.74, 6) is 0. The summed E-state index contributed by atoms with van der Waals surface area (Å²) in [6, 6.07) is 12.1. The van der Waals surface area contributed by atoms with Crippen LogP contribution in [0.3, 0.4) is 0 Å². The van der Waals surface area contributed by atoms with Gasteiger partial charge in [-0.15, -0.1) is 0 Å². The van der Waals surface area contributed by atoms with Crippen molar-refractivity contribution in [1.82, 2.24) is 4.98 Å². The van der Waals surface area contributed by atoms with Crippen LogP contribution in [0.5, 0.6) is 0 Å². The van der Waals surface area contributed by atoms with Gasteiger partial charge >= 0.3 is 0 Å². The van der Waals surface area contributed by atoms with Gasteiger partial charge in [0.15, 0.2) is 0 Å². The van der Waals surface area contributed by atoms with Crippen molar-refractivity contribution in [3.05, 3.63) is 58.9 Å². The van der Waals surface area contributed by atoms with Gasteiger partial charge in [0, 0.05) is 18.4 Å². The summed E-state index contributed by atoms with van der Waals surface area (Å²) >= 11 is 0. The van der Waals surface area contributed by atoms with Gasteiger partial charge in [0.05, 0.1) is 0 Å². The number of rotatable bonds is 3. The molecule has 1 aromatic carbocycles. The van der Waals surface area contributed by atoms with Crippen molar-refractivity contribution in [2.75, 3.05) is 5.32 Å². The molecule has 2 rings (SSSR count). The smallest absolute Gasteiger partial charge is 0.140 e. The Bertz CT molecular complexity index is 597. The first-order valence-electron chi connectivity index (χ1n) is 5.85. The third-order valence-corrected chi connectivity index (χ3v) is 2.81.